The molecule has 106 valence electrons. The molecule has 0 aliphatic carbocycles. The second-order valence-electron chi connectivity index (χ2n) is 5.34. The molecule has 0 spiro atoms. The third-order valence-electron chi connectivity index (χ3n) is 3.96. The molecule has 1 rings (SSSR count). The lowest BCUT2D eigenvalue weighted by Gasteiger charge is -2.19. The Bertz CT molecular complexity index is 246. The zero-order chi connectivity index (χ0) is 13.4. The van der Waals surface area contributed by atoms with Crippen molar-refractivity contribution in [2.45, 2.75) is 39.0 Å². The summed E-state index contributed by atoms with van der Waals surface area (Å²) in [5, 5.41) is 0. The fraction of sp³-hybridized carbons (Fsp3) is 0.929. The van der Waals surface area contributed by atoms with Crippen molar-refractivity contribution in [3.63, 3.8) is 0 Å². The van der Waals surface area contributed by atoms with Crippen LogP contribution in [-0.2, 0) is 9.53 Å². The molecule has 4 nitrogen and oxygen atoms in total. The Labute approximate surface area is 111 Å². The minimum Gasteiger partial charge on any atom is -0.384 e. The van der Waals surface area contributed by atoms with Gasteiger partial charge in [0.25, 0.3) is 0 Å². The molecule has 1 fully saturated rings. The topological polar surface area (TPSA) is 55.6 Å². The second kappa shape index (κ2) is 8.48. The largest absolute Gasteiger partial charge is 0.384 e. The minimum absolute atomic E-state index is 0.309. The highest BCUT2D eigenvalue weighted by atomic mass is 16.5. The molecule has 0 bridgehead atoms. The van der Waals surface area contributed by atoms with Gasteiger partial charge in [-0.3, -0.25) is 4.79 Å². The molecule has 0 aromatic heterocycles. The first-order valence-electron chi connectivity index (χ1n) is 7.18. The summed E-state index contributed by atoms with van der Waals surface area (Å²) in [5.74, 6) is 1.45. The number of rotatable bonds is 8. The molecule has 18 heavy (non-hydrogen) atoms. The van der Waals surface area contributed by atoms with E-state index < -0.39 is 0 Å². The molecule has 0 saturated carbocycles. The minimum atomic E-state index is 0.309. The van der Waals surface area contributed by atoms with Gasteiger partial charge in [-0.25, -0.2) is 0 Å². The molecule has 0 aromatic carbocycles. The molecule has 1 amide bonds. The van der Waals surface area contributed by atoms with Crippen molar-refractivity contribution in [1.82, 2.24) is 4.90 Å². The van der Waals surface area contributed by atoms with Crippen LogP contribution >= 0.6 is 0 Å². The van der Waals surface area contributed by atoms with Crippen molar-refractivity contribution in [3.8, 4) is 0 Å². The highest BCUT2D eigenvalue weighted by Crippen LogP contribution is 2.20. The summed E-state index contributed by atoms with van der Waals surface area (Å²) in [5.41, 5.74) is 5.58. The average Bonchev–Trinajstić information content (AvgIpc) is 2.83. The van der Waals surface area contributed by atoms with Gasteiger partial charge in [0.1, 0.15) is 0 Å². The molecule has 2 unspecified atom stereocenters. The number of amides is 1. The van der Waals surface area contributed by atoms with Crippen molar-refractivity contribution >= 4 is 5.91 Å². The summed E-state index contributed by atoms with van der Waals surface area (Å²) < 4.78 is 5.15. The average molecular weight is 256 g/mol. The first-order valence-corrected chi connectivity index (χ1v) is 7.18. The fourth-order valence-corrected chi connectivity index (χ4v) is 2.70. The molecule has 0 radical (unpaired) electrons. The van der Waals surface area contributed by atoms with Gasteiger partial charge in [0.15, 0.2) is 0 Å². The number of methoxy groups -OCH3 is 1. The number of carbonyl (C=O) groups excluding carboxylic acids is 1. The second-order valence-corrected chi connectivity index (χ2v) is 5.34. The highest BCUT2D eigenvalue weighted by Gasteiger charge is 2.25. The zero-order valence-electron chi connectivity index (χ0n) is 11.9. The van der Waals surface area contributed by atoms with E-state index in [1.165, 1.54) is 0 Å². The van der Waals surface area contributed by atoms with Crippen LogP contribution in [0, 0.1) is 11.8 Å². The lowest BCUT2D eigenvalue weighted by molar-refractivity contribution is -0.130. The number of likely N-dealkylation sites (tertiary alicyclic amines) is 1. The summed E-state index contributed by atoms with van der Waals surface area (Å²) >= 11 is 0. The van der Waals surface area contributed by atoms with Gasteiger partial charge >= 0.3 is 0 Å². The van der Waals surface area contributed by atoms with Gasteiger partial charge in [-0.1, -0.05) is 13.3 Å². The molecule has 2 N–H and O–H groups in total. The SMILES string of the molecule is CCC(CCN)CCC(=O)N1CCC(COC)C1. The molecule has 1 heterocycles. The van der Waals surface area contributed by atoms with Crippen LogP contribution in [0.2, 0.25) is 0 Å². The van der Waals surface area contributed by atoms with E-state index in [1.807, 2.05) is 4.90 Å². The Morgan fingerprint density at radius 2 is 2.28 bits per heavy atom. The number of nitrogens with zero attached hydrogens (tertiary/aromatic N) is 1. The first-order chi connectivity index (χ1) is 8.71. The smallest absolute Gasteiger partial charge is 0.222 e. The number of nitrogens with two attached hydrogens (primary N) is 1. The summed E-state index contributed by atoms with van der Waals surface area (Å²) in [4.78, 5) is 14.1. The monoisotopic (exact) mass is 256 g/mol. The van der Waals surface area contributed by atoms with Crippen LogP contribution in [0.3, 0.4) is 0 Å². The highest BCUT2D eigenvalue weighted by molar-refractivity contribution is 5.76. The molecule has 1 aliphatic rings. The number of hydrogen-bond donors (Lipinski definition) is 1. The Hall–Kier alpha value is -0.610. The summed E-state index contributed by atoms with van der Waals surface area (Å²) in [6.45, 7) is 5.46. The molecule has 1 saturated heterocycles. The maximum atomic E-state index is 12.1. The molecule has 4 heteroatoms. The summed E-state index contributed by atoms with van der Waals surface area (Å²) in [6, 6.07) is 0. The predicted molar refractivity (Wildman–Crippen MR) is 73.2 cm³/mol. The Morgan fingerprint density at radius 1 is 1.50 bits per heavy atom. The molecule has 2 atom stereocenters. The van der Waals surface area contributed by atoms with E-state index >= 15 is 0 Å². The van der Waals surface area contributed by atoms with Gasteiger partial charge in [0.2, 0.25) is 5.91 Å². The first kappa shape index (κ1) is 15.4. The summed E-state index contributed by atoms with van der Waals surface area (Å²) in [7, 11) is 1.73. The van der Waals surface area contributed by atoms with Crippen LogP contribution in [-0.4, -0.2) is 44.2 Å². The Balaban J connectivity index is 2.24. The Morgan fingerprint density at radius 3 is 2.89 bits per heavy atom. The van der Waals surface area contributed by atoms with E-state index in [-0.39, 0.29) is 0 Å². The van der Waals surface area contributed by atoms with Gasteiger partial charge in [-0.15, -0.1) is 0 Å². The van der Waals surface area contributed by atoms with Crippen molar-refractivity contribution in [2.75, 3.05) is 33.4 Å². The van der Waals surface area contributed by atoms with Crippen LogP contribution in [0.25, 0.3) is 0 Å². The standard InChI is InChI=1S/C14H28N2O2/c1-3-12(6-8-15)4-5-14(17)16-9-7-13(10-16)11-18-2/h12-13H,3-11,15H2,1-2H3. The third kappa shape index (κ3) is 4.94. The van der Waals surface area contributed by atoms with Gasteiger partial charge < -0.3 is 15.4 Å². The van der Waals surface area contributed by atoms with Crippen LogP contribution in [0.5, 0.6) is 0 Å². The lowest BCUT2D eigenvalue weighted by Crippen LogP contribution is -2.29. The van der Waals surface area contributed by atoms with E-state index in [9.17, 15) is 4.79 Å². The fourth-order valence-electron chi connectivity index (χ4n) is 2.70. The maximum absolute atomic E-state index is 12.1. The van der Waals surface area contributed by atoms with Crippen molar-refractivity contribution < 1.29 is 9.53 Å². The zero-order valence-corrected chi connectivity index (χ0v) is 11.9. The van der Waals surface area contributed by atoms with E-state index in [0.717, 1.165) is 51.9 Å². The molecular weight excluding hydrogens is 228 g/mol. The Kier molecular flexibility index (Phi) is 7.28. The lowest BCUT2D eigenvalue weighted by atomic mass is 9.96. The van der Waals surface area contributed by atoms with Gasteiger partial charge in [0.05, 0.1) is 6.61 Å². The maximum Gasteiger partial charge on any atom is 0.222 e. The van der Waals surface area contributed by atoms with Crippen molar-refractivity contribution in [1.29, 1.82) is 0 Å². The summed E-state index contributed by atoms with van der Waals surface area (Å²) in [6.07, 6.45) is 4.91. The number of carbonyl (C=O) groups is 1. The predicted octanol–water partition coefficient (Wildman–Crippen LogP) is 1.64. The van der Waals surface area contributed by atoms with E-state index in [4.69, 9.17) is 10.5 Å². The van der Waals surface area contributed by atoms with Crippen LogP contribution in [0.15, 0.2) is 0 Å². The third-order valence-corrected chi connectivity index (χ3v) is 3.96. The number of hydrogen-bond acceptors (Lipinski definition) is 3. The van der Waals surface area contributed by atoms with E-state index in [2.05, 4.69) is 6.92 Å². The van der Waals surface area contributed by atoms with Crippen LogP contribution < -0.4 is 5.73 Å². The number of ether oxygens (including phenoxy) is 1. The van der Waals surface area contributed by atoms with Gasteiger partial charge in [-0.2, -0.15) is 0 Å². The van der Waals surface area contributed by atoms with E-state index in [1.54, 1.807) is 7.11 Å². The quantitative estimate of drug-likeness (QED) is 0.718. The van der Waals surface area contributed by atoms with Gasteiger partial charge in [-0.05, 0) is 31.7 Å². The van der Waals surface area contributed by atoms with Crippen LogP contribution in [0.4, 0.5) is 0 Å². The molecular formula is C14H28N2O2. The van der Waals surface area contributed by atoms with Crippen LogP contribution in [0.1, 0.15) is 39.0 Å². The van der Waals surface area contributed by atoms with Gasteiger partial charge in [0, 0.05) is 32.5 Å². The molecule has 0 aromatic rings. The molecule has 1 aliphatic heterocycles. The van der Waals surface area contributed by atoms with Crippen molar-refractivity contribution in [3.05, 3.63) is 0 Å². The van der Waals surface area contributed by atoms with Crippen molar-refractivity contribution in [2.24, 2.45) is 17.6 Å². The van der Waals surface area contributed by atoms with E-state index in [0.29, 0.717) is 24.2 Å². The normalized spacial score (nSPS) is 21.3.